The second kappa shape index (κ2) is 11.7. The highest BCUT2D eigenvalue weighted by atomic mass is 16.4. The number of anilines is 1. The molecule has 0 fully saturated rings. The second-order valence-electron chi connectivity index (χ2n) is 4.06. The van der Waals surface area contributed by atoms with Gasteiger partial charge in [0.25, 0.3) is 0 Å². The number of carbonyl (C=O) groups is 2. The molecule has 0 heterocycles. The van der Waals surface area contributed by atoms with E-state index in [1.54, 1.807) is 0 Å². The maximum Gasteiger partial charge on any atom is 0.303 e. The zero-order valence-electron chi connectivity index (χ0n) is 11.7. The third-order valence-electron chi connectivity index (χ3n) is 2.41. The van der Waals surface area contributed by atoms with Gasteiger partial charge in [0, 0.05) is 18.8 Å². The molecule has 0 amide bonds. The highest BCUT2D eigenvalue weighted by Crippen LogP contribution is 2.11. The van der Waals surface area contributed by atoms with E-state index in [0.717, 1.165) is 5.69 Å². The molecule has 1 aromatic carbocycles. The first-order valence-corrected chi connectivity index (χ1v) is 6.46. The van der Waals surface area contributed by atoms with Gasteiger partial charge in [0.2, 0.25) is 0 Å². The van der Waals surface area contributed by atoms with Gasteiger partial charge in [0.1, 0.15) is 0 Å². The van der Waals surface area contributed by atoms with E-state index < -0.39 is 11.9 Å². The molecule has 0 unspecified atom stereocenters. The number of hydrogen-bond donors (Lipinski definition) is 4. The minimum atomic E-state index is -1.08. The Hall–Kier alpha value is -2.12. The Labute approximate surface area is 123 Å². The smallest absolute Gasteiger partial charge is 0.303 e. The molecule has 21 heavy (non-hydrogen) atoms. The van der Waals surface area contributed by atoms with Crippen LogP contribution in [0.5, 0.6) is 0 Å². The summed E-state index contributed by atoms with van der Waals surface area (Å²) in [5, 5.41) is 33.4. The third kappa shape index (κ3) is 10.3. The highest BCUT2D eigenvalue weighted by molar-refractivity contribution is 5.75. The molecule has 0 bridgehead atoms. The monoisotopic (exact) mass is 299 g/mol. The van der Waals surface area contributed by atoms with Crippen LogP contribution in [0, 0.1) is 0 Å². The fraction of sp³-hybridized carbons (Fsp3) is 0.429. The molecule has 0 aliphatic heterocycles. The maximum absolute atomic E-state index is 9.64. The first-order chi connectivity index (χ1) is 10.0. The minimum Gasteiger partial charge on any atom is -0.481 e. The molecule has 7 nitrogen and oxygen atoms in total. The molecular weight excluding hydrogens is 278 g/mol. The largest absolute Gasteiger partial charge is 0.481 e. The van der Waals surface area contributed by atoms with Crippen LogP contribution in [-0.2, 0) is 9.59 Å². The number of carboxylic acid groups (broad SMARTS) is 2. The van der Waals surface area contributed by atoms with Crippen LogP contribution in [-0.4, -0.2) is 58.7 Å². The van der Waals surface area contributed by atoms with Crippen molar-refractivity contribution in [2.24, 2.45) is 0 Å². The Morgan fingerprint density at radius 3 is 1.62 bits per heavy atom. The van der Waals surface area contributed by atoms with Crippen molar-refractivity contribution in [3.05, 3.63) is 30.3 Å². The van der Waals surface area contributed by atoms with Crippen LogP contribution in [0.25, 0.3) is 0 Å². The molecule has 4 N–H and O–H groups in total. The van der Waals surface area contributed by atoms with Crippen molar-refractivity contribution in [3.63, 3.8) is 0 Å². The molecule has 0 saturated heterocycles. The van der Waals surface area contributed by atoms with Gasteiger partial charge in [-0.1, -0.05) is 18.2 Å². The van der Waals surface area contributed by atoms with Gasteiger partial charge in [0.15, 0.2) is 0 Å². The van der Waals surface area contributed by atoms with Crippen molar-refractivity contribution in [2.45, 2.75) is 12.8 Å². The average Bonchev–Trinajstić information content (AvgIpc) is 2.46. The van der Waals surface area contributed by atoms with E-state index in [-0.39, 0.29) is 26.1 Å². The Balaban J connectivity index is 0.000000433. The minimum absolute atomic E-state index is 0.106. The maximum atomic E-state index is 9.64. The summed E-state index contributed by atoms with van der Waals surface area (Å²) in [4.78, 5) is 21.2. The number of nitrogens with zero attached hydrogens (tertiary/aromatic N) is 1. The Morgan fingerprint density at radius 1 is 0.857 bits per heavy atom. The highest BCUT2D eigenvalue weighted by Gasteiger charge is 2.03. The van der Waals surface area contributed by atoms with Gasteiger partial charge < -0.3 is 25.3 Å². The molecule has 0 aliphatic rings. The number of para-hydroxylation sites is 1. The first-order valence-electron chi connectivity index (χ1n) is 6.46. The third-order valence-corrected chi connectivity index (χ3v) is 2.41. The van der Waals surface area contributed by atoms with Gasteiger partial charge in [-0.25, -0.2) is 0 Å². The van der Waals surface area contributed by atoms with Gasteiger partial charge in [-0.3, -0.25) is 9.59 Å². The van der Waals surface area contributed by atoms with Crippen LogP contribution in [0.3, 0.4) is 0 Å². The van der Waals surface area contributed by atoms with Crippen LogP contribution in [0.2, 0.25) is 0 Å². The summed E-state index contributed by atoms with van der Waals surface area (Å²) >= 11 is 0. The van der Waals surface area contributed by atoms with Crippen LogP contribution >= 0.6 is 0 Å². The molecule has 0 spiro atoms. The number of hydrogen-bond acceptors (Lipinski definition) is 5. The van der Waals surface area contributed by atoms with Crippen molar-refractivity contribution >= 4 is 17.6 Å². The quantitative estimate of drug-likeness (QED) is 0.549. The van der Waals surface area contributed by atoms with E-state index in [1.807, 2.05) is 35.2 Å². The number of benzene rings is 1. The van der Waals surface area contributed by atoms with Gasteiger partial charge in [-0.2, -0.15) is 0 Å². The Morgan fingerprint density at radius 2 is 1.29 bits per heavy atom. The van der Waals surface area contributed by atoms with Crippen molar-refractivity contribution in [3.8, 4) is 0 Å². The Bertz CT molecular complexity index is 389. The van der Waals surface area contributed by atoms with Crippen LogP contribution in [0.15, 0.2) is 30.3 Å². The molecular formula is C14H21NO6. The standard InChI is InChI=1S/C10H15NO2.C4H6O4/c12-8-6-11(7-9-13)10-4-2-1-3-5-10;5-3(6)1-2-4(7)8/h1-5,12-13H,6-9H2;1-2H2,(H,5,6)(H,7,8). The van der Waals surface area contributed by atoms with Crippen molar-refractivity contribution < 1.29 is 30.0 Å². The zero-order valence-corrected chi connectivity index (χ0v) is 11.7. The molecule has 0 aliphatic carbocycles. The fourth-order valence-electron chi connectivity index (χ4n) is 1.46. The SMILES string of the molecule is O=C(O)CCC(=O)O.OCCN(CCO)c1ccccc1. The molecule has 1 rings (SSSR count). The average molecular weight is 299 g/mol. The van der Waals surface area contributed by atoms with E-state index >= 15 is 0 Å². The summed E-state index contributed by atoms with van der Waals surface area (Å²) in [6.07, 6.45) is -0.593. The number of aliphatic carboxylic acids is 2. The molecule has 0 atom stereocenters. The lowest BCUT2D eigenvalue weighted by molar-refractivity contribution is -0.143. The van der Waals surface area contributed by atoms with Gasteiger partial charge in [0.05, 0.1) is 26.1 Å². The number of carboxylic acids is 2. The molecule has 0 radical (unpaired) electrons. The van der Waals surface area contributed by atoms with Crippen molar-refractivity contribution in [1.29, 1.82) is 0 Å². The molecule has 1 aromatic rings. The second-order valence-corrected chi connectivity index (χ2v) is 4.06. The first kappa shape index (κ1) is 18.9. The predicted octanol–water partition coefficient (Wildman–Crippen LogP) is 0.413. The number of rotatable bonds is 8. The summed E-state index contributed by atoms with van der Waals surface area (Å²) in [5.41, 5.74) is 1.03. The van der Waals surface area contributed by atoms with Crippen molar-refractivity contribution in [1.82, 2.24) is 0 Å². The molecule has 0 aromatic heterocycles. The van der Waals surface area contributed by atoms with E-state index in [9.17, 15) is 9.59 Å². The predicted molar refractivity (Wildman–Crippen MR) is 77.3 cm³/mol. The molecule has 0 saturated carbocycles. The number of aliphatic hydroxyl groups is 2. The van der Waals surface area contributed by atoms with E-state index in [1.165, 1.54) is 0 Å². The number of aliphatic hydroxyl groups excluding tert-OH is 2. The lowest BCUT2D eigenvalue weighted by atomic mass is 10.3. The summed E-state index contributed by atoms with van der Waals surface area (Å²) in [7, 11) is 0. The van der Waals surface area contributed by atoms with Crippen LogP contribution < -0.4 is 4.90 Å². The topological polar surface area (TPSA) is 118 Å². The fourth-order valence-corrected chi connectivity index (χ4v) is 1.46. The molecule has 7 heteroatoms. The lowest BCUT2D eigenvalue weighted by Gasteiger charge is -2.22. The van der Waals surface area contributed by atoms with E-state index in [2.05, 4.69) is 0 Å². The Kier molecular flexibility index (Phi) is 10.5. The van der Waals surface area contributed by atoms with Gasteiger partial charge in [-0.05, 0) is 12.1 Å². The van der Waals surface area contributed by atoms with E-state index in [4.69, 9.17) is 20.4 Å². The summed E-state index contributed by atoms with van der Waals surface area (Å²) in [5.74, 6) is -2.15. The van der Waals surface area contributed by atoms with Gasteiger partial charge >= 0.3 is 11.9 Å². The summed E-state index contributed by atoms with van der Waals surface area (Å²) in [6, 6.07) is 9.75. The zero-order chi connectivity index (χ0) is 16.1. The normalized spacial score (nSPS) is 9.43. The van der Waals surface area contributed by atoms with Crippen LogP contribution in [0.4, 0.5) is 5.69 Å². The summed E-state index contributed by atoms with van der Waals surface area (Å²) < 4.78 is 0. The summed E-state index contributed by atoms with van der Waals surface area (Å²) in [6.45, 7) is 1.33. The lowest BCUT2D eigenvalue weighted by Crippen LogP contribution is -2.29. The van der Waals surface area contributed by atoms with Gasteiger partial charge in [-0.15, -0.1) is 0 Å². The van der Waals surface area contributed by atoms with E-state index in [0.29, 0.717) is 13.1 Å². The van der Waals surface area contributed by atoms with Crippen molar-refractivity contribution in [2.75, 3.05) is 31.2 Å². The van der Waals surface area contributed by atoms with Crippen LogP contribution in [0.1, 0.15) is 12.8 Å². The molecule has 118 valence electrons.